The van der Waals surface area contributed by atoms with E-state index in [1.165, 1.54) is 11.8 Å². The van der Waals surface area contributed by atoms with E-state index in [-0.39, 0.29) is 17.6 Å². The van der Waals surface area contributed by atoms with E-state index >= 15 is 0 Å². The van der Waals surface area contributed by atoms with Gasteiger partial charge in [-0.3, -0.25) is 9.59 Å². The van der Waals surface area contributed by atoms with Crippen LogP contribution < -0.4 is 21.5 Å². The minimum atomic E-state index is -0.483. The molecule has 2 aromatic carbocycles. The first-order valence-electron chi connectivity index (χ1n) is 7.76. The Bertz CT molecular complexity index is 786. The summed E-state index contributed by atoms with van der Waals surface area (Å²) in [5, 5.41) is 6.24. The molecule has 26 heavy (non-hydrogen) atoms. The van der Waals surface area contributed by atoms with E-state index in [0.29, 0.717) is 15.7 Å². The van der Waals surface area contributed by atoms with E-state index in [1.54, 1.807) is 18.2 Å². The van der Waals surface area contributed by atoms with Crippen LogP contribution in [0.25, 0.3) is 0 Å². The van der Waals surface area contributed by atoms with Crippen LogP contribution in [-0.4, -0.2) is 23.1 Å². The largest absolute Gasteiger partial charge is 0.329 e. The van der Waals surface area contributed by atoms with Gasteiger partial charge in [-0.1, -0.05) is 59.6 Å². The van der Waals surface area contributed by atoms with Gasteiger partial charge in [0.2, 0.25) is 11.8 Å². The van der Waals surface area contributed by atoms with Gasteiger partial charge in [0.15, 0.2) is 0 Å². The van der Waals surface area contributed by atoms with Crippen molar-refractivity contribution in [3.05, 3.63) is 64.1 Å². The molecule has 136 valence electrons. The van der Waals surface area contributed by atoms with Crippen molar-refractivity contribution in [2.45, 2.75) is 11.5 Å². The van der Waals surface area contributed by atoms with Gasteiger partial charge in [0.1, 0.15) is 11.5 Å². The van der Waals surface area contributed by atoms with Gasteiger partial charge < -0.3 is 10.6 Å². The lowest BCUT2D eigenvalue weighted by atomic mass is 10.1. The number of halogens is 2. The standard InChI is InChI=1S/C17H16Cl2N4O2S/c18-11-7-4-8-12(19)15(11)20-13(24)9-26-17-21-16(25)14(22-23-17)10-5-2-1-3-6-10/h1-8,14,17,22-23H,9H2,(H,20,24)(H,21,25). The fourth-order valence-electron chi connectivity index (χ4n) is 2.39. The molecule has 0 radical (unpaired) electrons. The fraction of sp³-hybridized carbons (Fsp3) is 0.176. The number of nitrogens with one attached hydrogen (secondary N) is 4. The average molecular weight is 411 g/mol. The highest BCUT2D eigenvalue weighted by atomic mass is 35.5. The lowest BCUT2D eigenvalue weighted by Gasteiger charge is -2.31. The Morgan fingerprint density at radius 2 is 1.73 bits per heavy atom. The van der Waals surface area contributed by atoms with Crippen molar-refractivity contribution in [3.63, 3.8) is 0 Å². The third-order valence-electron chi connectivity index (χ3n) is 3.64. The van der Waals surface area contributed by atoms with Crippen LogP contribution >= 0.6 is 35.0 Å². The number of hydrogen-bond acceptors (Lipinski definition) is 5. The maximum absolute atomic E-state index is 12.3. The summed E-state index contributed by atoms with van der Waals surface area (Å²) in [7, 11) is 0. The van der Waals surface area contributed by atoms with E-state index in [1.807, 2.05) is 30.3 Å². The first-order valence-corrected chi connectivity index (χ1v) is 9.57. The average Bonchev–Trinajstić information content (AvgIpc) is 2.64. The topological polar surface area (TPSA) is 82.3 Å². The van der Waals surface area contributed by atoms with Crippen molar-refractivity contribution in [2.24, 2.45) is 0 Å². The zero-order valence-corrected chi connectivity index (χ0v) is 15.8. The molecule has 1 saturated heterocycles. The second kappa shape index (κ2) is 8.75. The number of anilines is 1. The molecule has 0 aromatic heterocycles. The minimum absolute atomic E-state index is 0.108. The molecular weight excluding hydrogens is 395 g/mol. The smallest absolute Gasteiger partial charge is 0.244 e. The van der Waals surface area contributed by atoms with Crippen LogP contribution in [0.1, 0.15) is 11.6 Å². The summed E-state index contributed by atoms with van der Waals surface area (Å²) in [6.07, 6.45) is 0. The summed E-state index contributed by atoms with van der Waals surface area (Å²) in [6, 6.07) is 13.9. The Hall–Kier alpha value is -1.77. The van der Waals surface area contributed by atoms with Crippen LogP contribution in [0, 0.1) is 0 Å². The van der Waals surface area contributed by atoms with Crippen LogP contribution in [0.2, 0.25) is 10.0 Å². The monoisotopic (exact) mass is 410 g/mol. The molecule has 1 aliphatic heterocycles. The van der Waals surface area contributed by atoms with Gasteiger partial charge in [-0.15, -0.1) is 11.8 Å². The minimum Gasteiger partial charge on any atom is -0.329 e. The van der Waals surface area contributed by atoms with Gasteiger partial charge in [-0.05, 0) is 17.7 Å². The van der Waals surface area contributed by atoms with Crippen molar-refractivity contribution in [1.82, 2.24) is 16.2 Å². The Morgan fingerprint density at radius 3 is 2.38 bits per heavy atom. The Balaban J connectivity index is 1.50. The van der Waals surface area contributed by atoms with E-state index in [9.17, 15) is 9.59 Å². The predicted molar refractivity (Wildman–Crippen MR) is 105 cm³/mol. The molecule has 6 nitrogen and oxygen atoms in total. The molecule has 2 aromatic rings. The molecule has 4 N–H and O–H groups in total. The summed E-state index contributed by atoms with van der Waals surface area (Å²) >= 11 is 13.3. The maximum atomic E-state index is 12.3. The molecule has 2 amide bonds. The molecule has 9 heteroatoms. The van der Waals surface area contributed by atoms with E-state index in [4.69, 9.17) is 23.2 Å². The van der Waals surface area contributed by atoms with Crippen LogP contribution in [-0.2, 0) is 9.59 Å². The molecule has 0 spiro atoms. The summed E-state index contributed by atoms with van der Waals surface area (Å²) < 4.78 is 0. The number of hydrogen-bond donors (Lipinski definition) is 4. The van der Waals surface area contributed by atoms with E-state index < -0.39 is 11.5 Å². The Kier molecular flexibility index (Phi) is 6.39. The second-order valence-corrected chi connectivity index (χ2v) is 7.38. The van der Waals surface area contributed by atoms with Crippen molar-refractivity contribution < 1.29 is 9.59 Å². The van der Waals surface area contributed by atoms with Crippen molar-refractivity contribution >= 4 is 52.5 Å². The van der Waals surface area contributed by atoms with Gasteiger partial charge in [0.25, 0.3) is 0 Å². The molecule has 2 unspecified atom stereocenters. The molecule has 1 fully saturated rings. The van der Waals surface area contributed by atoms with Gasteiger partial charge in [-0.25, -0.2) is 10.9 Å². The molecular formula is C17H16Cl2N4O2S. The molecule has 0 bridgehead atoms. The molecule has 3 rings (SSSR count). The molecule has 0 aliphatic carbocycles. The maximum Gasteiger partial charge on any atom is 0.244 e. The van der Waals surface area contributed by atoms with Crippen LogP contribution in [0.4, 0.5) is 5.69 Å². The quantitative estimate of drug-likeness (QED) is 0.609. The van der Waals surface area contributed by atoms with Gasteiger partial charge in [-0.2, -0.15) is 0 Å². The van der Waals surface area contributed by atoms with Gasteiger partial charge in [0.05, 0.1) is 21.5 Å². The van der Waals surface area contributed by atoms with E-state index in [0.717, 1.165) is 5.56 Å². The zero-order valence-electron chi connectivity index (χ0n) is 13.5. The molecule has 2 atom stereocenters. The van der Waals surface area contributed by atoms with Crippen molar-refractivity contribution in [3.8, 4) is 0 Å². The number of thioether (sulfide) groups is 1. The predicted octanol–water partition coefficient (Wildman–Crippen LogP) is 2.91. The number of benzene rings is 2. The highest BCUT2D eigenvalue weighted by Crippen LogP contribution is 2.30. The highest BCUT2D eigenvalue weighted by molar-refractivity contribution is 8.00. The van der Waals surface area contributed by atoms with Gasteiger partial charge in [0, 0.05) is 0 Å². The molecule has 0 saturated carbocycles. The zero-order chi connectivity index (χ0) is 18.5. The fourth-order valence-corrected chi connectivity index (χ4v) is 3.62. The lowest BCUT2D eigenvalue weighted by Crippen LogP contribution is -2.60. The lowest BCUT2D eigenvalue weighted by molar-refractivity contribution is -0.126. The summed E-state index contributed by atoms with van der Waals surface area (Å²) in [4.78, 5) is 24.4. The van der Waals surface area contributed by atoms with Crippen molar-refractivity contribution in [1.29, 1.82) is 0 Å². The molecule has 1 heterocycles. The number of rotatable bonds is 5. The summed E-state index contributed by atoms with van der Waals surface area (Å²) in [5.74, 6) is -0.329. The first-order chi connectivity index (χ1) is 12.5. The normalized spacial score (nSPS) is 19.7. The Morgan fingerprint density at radius 1 is 1.04 bits per heavy atom. The second-order valence-electron chi connectivity index (χ2n) is 5.48. The number of para-hydroxylation sites is 1. The third-order valence-corrected chi connectivity index (χ3v) is 5.26. The van der Waals surface area contributed by atoms with E-state index in [2.05, 4.69) is 21.5 Å². The van der Waals surface area contributed by atoms with Crippen LogP contribution in [0.5, 0.6) is 0 Å². The third kappa shape index (κ3) is 4.69. The molecule has 1 aliphatic rings. The summed E-state index contributed by atoms with van der Waals surface area (Å²) in [5.41, 5.74) is 6.76. The number of carbonyl (C=O) groups excluding carboxylic acids is 2. The number of carbonyl (C=O) groups is 2. The number of amides is 2. The van der Waals surface area contributed by atoms with Crippen LogP contribution in [0.15, 0.2) is 48.5 Å². The number of hydrazine groups is 1. The highest BCUT2D eigenvalue weighted by Gasteiger charge is 2.28. The van der Waals surface area contributed by atoms with Gasteiger partial charge >= 0.3 is 0 Å². The Labute approximate surface area is 165 Å². The summed E-state index contributed by atoms with van der Waals surface area (Å²) in [6.45, 7) is 0. The first kappa shape index (κ1) is 19.0. The van der Waals surface area contributed by atoms with Crippen LogP contribution in [0.3, 0.4) is 0 Å². The SMILES string of the molecule is O=C(CSC1NNC(c2ccccc2)C(=O)N1)Nc1c(Cl)cccc1Cl. The van der Waals surface area contributed by atoms with Crippen molar-refractivity contribution in [2.75, 3.05) is 11.1 Å².